The number of hydrogen-bond acceptors (Lipinski definition) is 5. The van der Waals surface area contributed by atoms with Crippen molar-refractivity contribution in [1.82, 2.24) is 0 Å². The molecule has 0 aliphatic heterocycles. The lowest BCUT2D eigenvalue weighted by Gasteiger charge is -2.42. The summed E-state index contributed by atoms with van der Waals surface area (Å²) >= 11 is 0. The molecule has 0 saturated heterocycles. The standard InChI is InChI=1S/C16H30O5/c1-20-14-4-2-13-7-15(5-3-12(13)6-14)21-11-16(8-17,9-18)10-19/h12-15,17-19H,2-11H2,1H3. The summed E-state index contributed by atoms with van der Waals surface area (Å²) in [5.41, 5.74) is -0.912. The molecule has 2 aliphatic carbocycles. The Hall–Kier alpha value is -0.200. The van der Waals surface area contributed by atoms with Crippen molar-refractivity contribution in [1.29, 1.82) is 0 Å². The maximum Gasteiger partial charge on any atom is 0.0629 e. The second-order valence-corrected chi connectivity index (χ2v) is 6.91. The summed E-state index contributed by atoms with van der Waals surface area (Å²) in [5.74, 6) is 1.46. The Balaban J connectivity index is 1.80. The Bertz CT molecular complexity index is 297. The van der Waals surface area contributed by atoms with E-state index in [1.807, 2.05) is 0 Å². The maximum atomic E-state index is 9.34. The number of aliphatic hydroxyl groups is 3. The van der Waals surface area contributed by atoms with Gasteiger partial charge in [0.25, 0.3) is 0 Å². The zero-order valence-corrected chi connectivity index (χ0v) is 13.0. The lowest BCUT2D eigenvalue weighted by atomic mass is 9.69. The van der Waals surface area contributed by atoms with Crippen LogP contribution in [0.3, 0.4) is 0 Å². The van der Waals surface area contributed by atoms with Crippen LogP contribution in [0.5, 0.6) is 0 Å². The van der Waals surface area contributed by atoms with Crippen LogP contribution < -0.4 is 0 Å². The summed E-state index contributed by atoms with van der Waals surface area (Å²) < 4.78 is 11.4. The van der Waals surface area contributed by atoms with E-state index in [-0.39, 0.29) is 32.5 Å². The molecular formula is C16H30O5. The van der Waals surface area contributed by atoms with E-state index in [2.05, 4.69) is 0 Å². The quantitative estimate of drug-likeness (QED) is 0.652. The molecule has 5 heteroatoms. The SMILES string of the molecule is COC1CCC2CC(OCC(CO)(CO)CO)CCC2C1. The third-order valence-electron chi connectivity index (χ3n) is 5.48. The van der Waals surface area contributed by atoms with Crippen LogP contribution in [0.1, 0.15) is 38.5 Å². The third kappa shape index (κ3) is 4.17. The predicted molar refractivity (Wildman–Crippen MR) is 78.9 cm³/mol. The molecule has 5 nitrogen and oxygen atoms in total. The minimum absolute atomic E-state index is 0.189. The summed E-state index contributed by atoms with van der Waals surface area (Å²) in [4.78, 5) is 0. The molecule has 0 spiro atoms. The largest absolute Gasteiger partial charge is 0.396 e. The minimum Gasteiger partial charge on any atom is -0.396 e. The lowest BCUT2D eigenvalue weighted by Crippen LogP contribution is -2.42. The highest BCUT2D eigenvalue weighted by Crippen LogP contribution is 2.42. The van der Waals surface area contributed by atoms with Crippen molar-refractivity contribution in [2.75, 3.05) is 33.5 Å². The second kappa shape index (κ2) is 7.88. The van der Waals surface area contributed by atoms with E-state index in [0.29, 0.717) is 12.0 Å². The van der Waals surface area contributed by atoms with Gasteiger partial charge in [0, 0.05) is 7.11 Å². The van der Waals surface area contributed by atoms with Gasteiger partial charge in [0.05, 0.1) is 44.1 Å². The lowest BCUT2D eigenvalue weighted by molar-refractivity contribution is -0.101. The van der Waals surface area contributed by atoms with Gasteiger partial charge < -0.3 is 24.8 Å². The van der Waals surface area contributed by atoms with Gasteiger partial charge in [-0.2, -0.15) is 0 Å². The van der Waals surface area contributed by atoms with Gasteiger partial charge in [-0.05, 0) is 50.4 Å². The van der Waals surface area contributed by atoms with E-state index in [9.17, 15) is 15.3 Å². The van der Waals surface area contributed by atoms with Gasteiger partial charge in [-0.3, -0.25) is 0 Å². The van der Waals surface area contributed by atoms with E-state index < -0.39 is 5.41 Å². The summed E-state index contributed by atoms with van der Waals surface area (Å²) in [7, 11) is 1.80. The van der Waals surface area contributed by atoms with Crippen molar-refractivity contribution in [3.63, 3.8) is 0 Å². The van der Waals surface area contributed by atoms with Crippen molar-refractivity contribution < 1.29 is 24.8 Å². The predicted octanol–water partition coefficient (Wildman–Crippen LogP) is 0.950. The van der Waals surface area contributed by atoms with Gasteiger partial charge >= 0.3 is 0 Å². The Labute approximate surface area is 127 Å². The van der Waals surface area contributed by atoms with Crippen LogP contribution in [0.15, 0.2) is 0 Å². The van der Waals surface area contributed by atoms with Gasteiger partial charge in [-0.15, -0.1) is 0 Å². The Kier molecular flexibility index (Phi) is 6.44. The molecule has 0 aromatic rings. The number of fused-ring (bicyclic) bond motifs is 1. The summed E-state index contributed by atoms with van der Waals surface area (Å²) in [6.45, 7) is -0.546. The van der Waals surface area contributed by atoms with Crippen LogP contribution >= 0.6 is 0 Å². The van der Waals surface area contributed by atoms with Gasteiger partial charge in [0.15, 0.2) is 0 Å². The van der Waals surface area contributed by atoms with Crippen LogP contribution in [0.25, 0.3) is 0 Å². The first-order valence-electron chi connectivity index (χ1n) is 8.13. The Morgan fingerprint density at radius 2 is 1.38 bits per heavy atom. The monoisotopic (exact) mass is 302 g/mol. The van der Waals surface area contributed by atoms with Crippen LogP contribution in [0.4, 0.5) is 0 Å². The molecule has 21 heavy (non-hydrogen) atoms. The van der Waals surface area contributed by atoms with E-state index in [1.165, 1.54) is 19.3 Å². The number of aliphatic hydroxyl groups excluding tert-OH is 3. The van der Waals surface area contributed by atoms with Crippen molar-refractivity contribution >= 4 is 0 Å². The van der Waals surface area contributed by atoms with Crippen molar-refractivity contribution in [2.24, 2.45) is 17.3 Å². The molecule has 2 rings (SSSR count). The van der Waals surface area contributed by atoms with Crippen LogP contribution in [0.2, 0.25) is 0 Å². The molecule has 4 atom stereocenters. The first kappa shape index (κ1) is 17.2. The van der Waals surface area contributed by atoms with Gasteiger partial charge in [-0.25, -0.2) is 0 Å². The van der Waals surface area contributed by atoms with Gasteiger partial charge in [0.2, 0.25) is 0 Å². The fourth-order valence-corrected chi connectivity index (χ4v) is 3.75. The summed E-state index contributed by atoms with van der Waals surface area (Å²) in [6, 6.07) is 0. The molecule has 0 radical (unpaired) electrons. The molecule has 2 fully saturated rings. The van der Waals surface area contributed by atoms with Gasteiger partial charge in [0.1, 0.15) is 0 Å². The molecule has 0 aromatic heterocycles. The first-order chi connectivity index (χ1) is 10.2. The summed E-state index contributed by atoms with van der Waals surface area (Å²) in [6.07, 6.45) is 7.37. The number of methoxy groups -OCH3 is 1. The molecule has 0 amide bonds. The topological polar surface area (TPSA) is 79.2 Å². The maximum absolute atomic E-state index is 9.34. The summed E-state index contributed by atoms with van der Waals surface area (Å²) in [5, 5.41) is 28.0. The van der Waals surface area contributed by atoms with E-state index in [4.69, 9.17) is 9.47 Å². The fourth-order valence-electron chi connectivity index (χ4n) is 3.75. The highest BCUT2D eigenvalue weighted by molar-refractivity contribution is 4.87. The average molecular weight is 302 g/mol. The molecule has 0 heterocycles. The molecule has 4 unspecified atom stereocenters. The molecular weight excluding hydrogens is 272 g/mol. The van der Waals surface area contributed by atoms with Crippen molar-refractivity contribution in [3.05, 3.63) is 0 Å². The second-order valence-electron chi connectivity index (χ2n) is 6.91. The van der Waals surface area contributed by atoms with E-state index in [1.54, 1.807) is 7.11 Å². The molecule has 3 N–H and O–H groups in total. The van der Waals surface area contributed by atoms with Crippen molar-refractivity contribution in [2.45, 2.75) is 50.7 Å². The molecule has 0 aromatic carbocycles. The number of hydrogen-bond donors (Lipinski definition) is 3. The van der Waals surface area contributed by atoms with Crippen LogP contribution in [-0.2, 0) is 9.47 Å². The molecule has 2 aliphatic rings. The zero-order valence-electron chi connectivity index (χ0n) is 13.0. The number of rotatable bonds is 7. The Morgan fingerprint density at radius 1 is 0.857 bits per heavy atom. The minimum atomic E-state index is -0.912. The fraction of sp³-hybridized carbons (Fsp3) is 1.00. The zero-order chi connectivity index (χ0) is 15.3. The Morgan fingerprint density at radius 3 is 1.90 bits per heavy atom. The molecule has 2 saturated carbocycles. The first-order valence-corrected chi connectivity index (χ1v) is 8.13. The van der Waals surface area contributed by atoms with Crippen LogP contribution in [0, 0.1) is 17.3 Å². The highest BCUT2D eigenvalue weighted by Gasteiger charge is 2.37. The smallest absolute Gasteiger partial charge is 0.0629 e. The third-order valence-corrected chi connectivity index (χ3v) is 5.48. The van der Waals surface area contributed by atoms with Crippen LogP contribution in [-0.4, -0.2) is 61.1 Å². The number of ether oxygens (including phenoxy) is 2. The van der Waals surface area contributed by atoms with E-state index in [0.717, 1.165) is 25.2 Å². The normalized spacial score (nSPS) is 33.7. The molecule has 0 bridgehead atoms. The van der Waals surface area contributed by atoms with E-state index >= 15 is 0 Å². The molecule has 124 valence electrons. The average Bonchev–Trinajstić information content (AvgIpc) is 2.56. The van der Waals surface area contributed by atoms with Crippen molar-refractivity contribution in [3.8, 4) is 0 Å². The highest BCUT2D eigenvalue weighted by atomic mass is 16.5. The van der Waals surface area contributed by atoms with Gasteiger partial charge in [-0.1, -0.05) is 0 Å².